The van der Waals surface area contributed by atoms with Crippen LogP contribution in [0, 0.1) is 6.92 Å². The molecule has 2 atom stereocenters. The number of sulfone groups is 1. The van der Waals surface area contributed by atoms with Gasteiger partial charge in [0.1, 0.15) is 5.76 Å². The first-order valence-corrected chi connectivity index (χ1v) is 14.3. The van der Waals surface area contributed by atoms with Crippen LogP contribution >= 0.6 is 0 Å². The molecule has 36 heavy (non-hydrogen) atoms. The molecule has 1 amide bonds. The minimum atomic E-state index is -3.32. The number of hydrogen-bond acceptors (Lipinski definition) is 7. The van der Waals surface area contributed by atoms with Crippen LogP contribution in [0.25, 0.3) is 11.5 Å². The fraction of sp³-hybridized carbons (Fsp3) is 0.444. The van der Waals surface area contributed by atoms with E-state index in [9.17, 15) is 13.2 Å². The normalized spacial score (nSPS) is 20.6. The Morgan fingerprint density at radius 3 is 2.64 bits per heavy atom. The zero-order chi connectivity index (χ0) is 25.1. The molecule has 0 radical (unpaired) electrons. The van der Waals surface area contributed by atoms with E-state index in [0.717, 1.165) is 37.9 Å². The fourth-order valence-electron chi connectivity index (χ4n) is 5.23. The number of benzene rings is 1. The van der Waals surface area contributed by atoms with Gasteiger partial charge in [0.05, 0.1) is 16.7 Å². The molecule has 5 rings (SSSR count). The predicted octanol–water partition coefficient (Wildman–Crippen LogP) is 3.91. The van der Waals surface area contributed by atoms with Crippen molar-refractivity contribution in [3.8, 4) is 11.5 Å². The highest BCUT2D eigenvalue weighted by Gasteiger charge is 2.38. The molecule has 1 saturated carbocycles. The maximum atomic E-state index is 13.2. The van der Waals surface area contributed by atoms with Gasteiger partial charge in [-0.25, -0.2) is 13.4 Å². The van der Waals surface area contributed by atoms with Gasteiger partial charge in [-0.2, -0.15) is 0 Å². The lowest BCUT2D eigenvalue weighted by Gasteiger charge is -2.23. The van der Waals surface area contributed by atoms with Gasteiger partial charge in [0, 0.05) is 36.1 Å². The molecular weight excluding hydrogens is 476 g/mol. The minimum absolute atomic E-state index is 0.103. The van der Waals surface area contributed by atoms with E-state index >= 15 is 0 Å². The number of hydrogen-bond donors (Lipinski definition) is 1. The van der Waals surface area contributed by atoms with Gasteiger partial charge in [0.15, 0.2) is 9.84 Å². The summed E-state index contributed by atoms with van der Waals surface area (Å²) in [5.41, 5.74) is 2.60. The molecular formula is C27H32N4O4S. The number of carbonyl (C=O) groups is 1. The summed E-state index contributed by atoms with van der Waals surface area (Å²) in [7, 11) is -3.32. The van der Waals surface area contributed by atoms with Crippen molar-refractivity contribution in [2.45, 2.75) is 62.6 Å². The Hall–Kier alpha value is -3.04. The maximum absolute atomic E-state index is 13.2. The summed E-state index contributed by atoms with van der Waals surface area (Å²) >= 11 is 0. The smallest absolute Gasteiger partial charge is 0.251 e. The fourth-order valence-corrected chi connectivity index (χ4v) is 7.12. The van der Waals surface area contributed by atoms with Crippen molar-refractivity contribution in [3.63, 3.8) is 0 Å². The second-order valence-electron chi connectivity index (χ2n) is 9.78. The number of likely N-dealkylation sites (tertiary alicyclic amines) is 1. The van der Waals surface area contributed by atoms with Crippen molar-refractivity contribution in [3.05, 3.63) is 71.4 Å². The standard InChI is InChI=1S/C27H32N4O4S/c1-19-25(18-36(33,34)24-11-10-23(15-24)31-13-2-3-14-31)30-27(35-19)22-8-6-21(7-9-22)26(32)29-17-20-5-4-12-28-16-20/h4-9,12,16,23-24H,2-3,10-11,13-15,17-18H2,1H3,(H,29,32)/t23-,24-/m0/s1. The van der Waals surface area contributed by atoms with Gasteiger partial charge >= 0.3 is 0 Å². The van der Waals surface area contributed by atoms with Crippen molar-refractivity contribution in [2.75, 3.05) is 13.1 Å². The average Bonchev–Trinajstić information content (AvgIpc) is 3.65. The molecule has 0 bridgehead atoms. The molecule has 1 aromatic carbocycles. The van der Waals surface area contributed by atoms with Crippen LogP contribution in [0.15, 0.2) is 53.2 Å². The molecule has 2 fully saturated rings. The summed E-state index contributed by atoms with van der Waals surface area (Å²) in [4.78, 5) is 23.5. The van der Waals surface area contributed by atoms with Crippen molar-refractivity contribution < 1.29 is 17.6 Å². The van der Waals surface area contributed by atoms with Crippen LogP contribution < -0.4 is 5.32 Å². The molecule has 1 aliphatic heterocycles. The first-order chi connectivity index (χ1) is 17.4. The molecule has 1 aliphatic carbocycles. The number of amides is 1. The highest BCUT2D eigenvalue weighted by Crippen LogP contribution is 2.33. The van der Waals surface area contributed by atoms with Gasteiger partial charge in [-0.3, -0.25) is 9.78 Å². The van der Waals surface area contributed by atoms with Crippen molar-refractivity contribution in [1.29, 1.82) is 0 Å². The highest BCUT2D eigenvalue weighted by molar-refractivity contribution is 7.91. The molecule has 2 aromatic heterocycles. The van der Waals surface area contributed by atoms with E-state index in [1.54, 1.807) is 43.6 Å². The zero-order valence-electron chi connectivity index (χ0n) is 20.5. The predicted molar refractivity (Wildman–Crippen MR) is 137 cm³/mol. The molecule has 9 heteroatoms. The maximum Gasteiger partial charge on any atom is 0.251 e. The summed E-state index contributed by atoms with van der Waals surface area (Å²) in [5, 5.41) is 2.56. The summed E-state index contributed by atoms with van der Waals surface area (Å²) in [6.45, 7) is 4.33. The number of nitrogens with zero attached hydrogens (tertiary/aromatic N) is 3. The van der Waals surface area contributed by atoms with E-state index in [1.807, 2.05) is 12.1 Å². The number of rotatable bonds is 8. The van der Waals surface area contributed by atoms with Crippen LogP contribution in [0.3, 0.4) is 0 Å². The Bertz CT molecular complexity index is 1300. The van der Waals surface area contributed by atoms with Crippen LogP contribution in [0.2, 0.25) is 0 Å². The van der Waals surface area contributed by atoms with Crippen LogP contribution in [0.4, 0.5) is 0 Å². The Kier molecular flexibility index (Phi) is 7.20. The third kappa shape index (κ3) is 5.52. The van der Waals surface area contributed by atoms with Crippen LogP contribution in [0.1, 0.15) is 59.5 Å². The second kappa shape index (κ2) is 10.5. The number of carbonyl (C=O) groups excluding carboxylic acids is 1. The number of pyridine rings is 1. The Labute approximate surface area is 212 Å². The van der Waals surface area contributed by atoms with Gasteiger partial charge < -0.3 is 14.6 Å². The zero-order valence-corrected chi connectivity index (χ0v) is 21.3. The molecule has 2 aliphatic rings. The highest BCUT2D eigenvalue weighted by atomic mass is 32.2. The van der Waals surface area contributed by atoms with Gasteiger partial charge in [-0.1, -0.05) is 6.07 Å². The average molecular weight is 509 g/mol. The van der Waals surface area contributed by atoms with E-state index in [2.05, 4.69) is 20.2 Å². The van der Waals surface area contributed by atoms with Crippen LogP contribution in [-0.2, 0) is 22.1 Å². The lowest BCUT2D eigenvalue weighted by atomic mass is 10.1. The Balaban J connectivity index is 1.21. The summed E-state index contributed by atoms with van der Waals surface area (Å²) in [5.74, 6) is 0.584. The number of nitrogens with one attached hydrogen (secondary N) is 1. The van der Waals surface area contributed by atoms with Crippen molar-refractivity contribution >= 4 is 15.7 Å². The number of aryl methyl sites for hydroxylation is 1. The summed E-state index contributed by atoms with van der Waals surface area (Å²) in [6.07, 6.45) is 8.22. The monoisotopic (exact) mass is 508 g/mol. The lowest BCUT2D eigenvalue weighted by molar-refractivity contribution is 0.0951. The summed E-state index contributed by atoms with van der Waals surface area (Å²) < 4.78 is 32.2. The molecule has 0 unspecified atom stereocenters. The Morgan fingerprint density at radius 2 is 1.92 bits per heavy atom. The molecule has 3 heterocycles. The summed E-state index contributed by atoms with van der Waals surface area (Å²) in [6, 6.07) is 11.1. The quantitative estimate of drug-likeness (QED) is 0.492. The van der Waals surface area contributed by atoms with E-state index in [1.165, 1.54) is 12.8 Å². The molecule has 0 spiro atoms. The lowest BCUT2D eigenvalue weighted by Crippen LogP contribution is -2.32. The first kappa shape index (κ1) is 24.6. The third-order valence-corrected chi connectivity index (χ3v) is 9.44. The molecule has 3 aromatic rings. The molecule has 1 saturated heterocycles. The van der Waals surface area contributed by atoms with Gasteiger partial charge in [0.2, 0.25) is 5.89 Å². The van der Waals surface area contributed by atoms with Gasteiger partial charge in [-0.15, -0.1) is 0 Å². The van der Waals surface area contributed by atoms with E-state index < -0.39 is 9.84 Å². The van der Waals surface area contributed by atoms with E-state index in [-0.39, 0.29) is 16.9 Å². The number of oxazole rings is 1. The molecule has 8 nitrogen and oxygen atoms in total. The Morgan fingerprint density at radius 1 is 1.14 bits per heavy atom. The third-order valence-electron chi connectivity index (χ3n) is 7.32. The SMILES string of the molecule is Cc1oc(-c2ccc(C(=O)NCc3cccnc3)cc2)nc1CS(=O)(=O)[C@H]1CC[C@H](N2CCCC2)C1. The first-order valence-electron chi connectivity index (χ1n) is 12.6. The molecule has 1 N–H and O–H groups in total. The number of aromatic nitrogens is 2. The van der Waals surface area contributed by atoms with Gasteiger partial charge in [0.25, 0.3) is 5.91 Å². The molecule has 190 valence electrons. The van der Waals surface area contributed by atoms with E-state index in [0.29, 0.717) is 41.1 Å². The van der Waals surface area contributed by atoms with Crippen LogP contribution in [-0.4, -0.2) is 53.6 Å². The van der Waals surface area contributed by atoms with Gasteiger partial charge in [-0.05, 0) is 88.0 Å². The largest absolute Gasteiger partial charge is 0.441 e. The van der Waals surface area contributed by atoms with E-state index in [4.69, 9.17) is 4.42 Å². The second-order valence-corrected chi connectivity index (χ2v) is 12.1. The van der Waals surface area contributed by atoms with Crippen LogP contribution in [0.5, 0.6) is 0 Å². The van der Waals surface area contributed by atoms with Crippen molar-refractivity contribution in [2.24, 2.45) is 0 Å². The topological polar surface area (TPSA) is 105 Å². The minimum Gasteiger partial charge on any atom is -0.441 e. The van der Waals surface area contributed by atoms with Crippen molar-refractivity contribution in [1.82, 2.24) is 20.2 Å².